The summed E-state index contributed by atoms with van der Waals surface area (Å²) in [6.45, 7) is 7.22. The van der Waals surface area contributed by atoms with Crippen molar-refractivity contribution < 1.29 is 4.74 Å². The highest BCUT2D eigenvalue weighted by atomic mass is 16.5. The Bertz CT molecular complexity index is 296. The van der Waals surface area contributed by atoms with Crippen LogP contribution in [-0.2, 0) is 0 Å². The normalized spacial score (nSPS) is 12.9. The van der Waals surface area contributed by atoms with Crippen molar-refractivity contribution in [1.29, 1.82) is 0 Å². The first-order valence-corrected chi connectivity index (χ1v) is 5.53. The molecule has 0 aliphatic heterocycles. The van der Waals surface area contributed by atoms with Gasteiger partial charge in [-0.1, -0.05) is 26.0 Å². The first-order chi connectivity index (χ1) is 7.13. The summed E-state index contributed by atoms with van der Waals surface area (Å²) in [7, 11) is 1.96. The van der Waals surface area contributed by atoms with Gasteiger partial charge in [-0.2, -0.15) is 0 Å². The van der Waals surface area contributed by atoms with Crippen LogP contribution in [0.1, 0.15) is 32.4 Å². The van der Waals surface area contributed by atoms with E-state index in [0.717, 1.165) is 12.4 Å². The van der Waals surface area contributed by atoms with Gasteiger partial charge in [0.25, 0.3) is 0 Å². The van der Waals surface area contributed by atoms with Crippen molar-refractivity contribution in [3.63, 3.8) is 0 Å². The van der Waals surface area contributed by atoms with Crippen LogP contribution >= 0.6 is 0 Å². The van der Waals surface area contributed by atoms with Gasteiger partial charge >= 0.3 is 0 Å². The Morgan fingerprint density at radius 1 is 1.27 bits per heavy atom. The SMILES string of the molecule is CNC(C)c1cccc(OCC(C)C)c1. The summed E-state index contributed by atoms with van der Waals surface area (Å²) in [5.41, 5.74) is 1.26. The third-order valence-corrected chi connectivity index (χ3v) is 2.37. The highest BCUT2D eigenvalue weighted by Crippen LogP contribution is 2.19. The quantitative estimate of drug-likeness (QED) is 0.801. The van der Waals surface area contributed by atoms with Crippen molar-refractivity contribution in [2.75, 3.05) is 13.7 Å². The minimum absolute atomic E-state index is 0.368. The lowest BCUT2D eigenvalue weighted by molar-refractivity contribution is 0.270. The van der Waals surface area contributed by atoms with Crippen LogP contribution in [0, 0.1) is 5.92 Å². The van der Waals surface area contributed by atoms with Crippen molar-refractivity contribution in [2.24, 2.45) is 5.92 Å². The van der Waals surface area contributed by atoms with Crippen molar-refractivity contribution in [3.05, 3.63) is 29.8 Å². The highest BCUT2D eigenvalue weighted by molar-refractivity contribution is 5.30. The molecular weight excluding hydrogens is 186 g/mol. The van der Waals surface area contributed by atoms with Gasteiger partial charge in [0.15, 0.2) is 0 Å². The molecule has 1 aromatic carbocycles. The highest BCUT2D eigenvalue weighted by Gasteiger charge is 2.03. The van der Waals surface area contributed by atoms with Gasteiger partial charge in [0, 0.05) is 6.04 Å². The summed E-state index contributed by atoms with van der Waals surface area (Å²) < 4.78 is 5.67. The number of ether oxygens (including phenoxy) is 1. The molecule has 0 amide bonds. The lowest BCUT2D eigenvalue weighted by Crippen LogP contribution is -2.12. The first-order valence-electron chi connectivity index (χ1n) is 5.53. The molecule has 0 saturated carbocycles. The third kappa shape index (κ3) is 3.92. The fourth-order valence-electron chi connectivity index (χ4n) is 1.30. The summed E-state index contributed by atoms with van der Waals surface area (Å²) in [6.07, 6.45) is 0. The van der Waals surface area contributed by atoms with Gasteiger partial charge in [-0.05, 0) is 37.6 Å². The smallest absolute Gasteiger partial charge is 0.119 e. The molecule has 0 radical (unpaired) electrons. The predicted octanol–water partition coefficient (Wildman–Crippen LogP) is 3.00. The van der Waals surface area contributed by atoms with Crippen LogP contribution in [-0.4, -0.2) is 13.7 Å². The van der Waals surface area contributed by atoms with Crippen molar-refractivity contribution >= 4 is 0 Å². The maximum atomic E-state index is 5.67. The van der Waals surface area contributed by atoms with Crippen LogP contribution in [0.5, 0.6) is 5.75 Å². The lowest BCUT2D eigenvalue weighted by Gasteiger charge is -2.13. The number of nitrogens with one attached hydrogen (secondary N) is 1. The van der Waals surface area contributed by atoms with E-state index in [2.05, 4.69) is 38.2 Å². The predicted molar refractivity (Wildman–Crippen MR) is 64.2 cm³/mol. The van der Waals surface area contributed by atoms with E-state index in [-0.39, 0.29) is 0 Å². The van der Waals surface area contributed by atoms with Crippen LogP contribution in [0.4, 0.5) is 0 Å². The minimum Gasteiger partial charge on any atom is -0.493 e. The van der Waals surface area contributed by atoms with Gasteiger partial charge in [0.2, 0.25) is 0 Å². The van der Waals surface area contributed by atoms with E-state index in [1.54, 1.807) is 0 Å². The fraction of sp³-hybridized carbons (Fsp3) is 0.538. The summed E-state index contributed by atoms with van der Waals surface area (Å²) >= 11 is 0. The van der Waals surface area contributed by atoms with Crippen LogP contribution in [0.25, 0.3) is 0 Å². The van der Waals surface area contributed by atoms with Crippen molar-refractivity contribution in [2.45, 2.75) is 26.8 Å². The second-order valence-electron chi connectivity index (χ2n) is 4.29. The Balaban J connectivity index is 2.65. The van der Waals surface area contributed by atoms with Crippen LogP contribution in [0.15, 0.2) is 24.3 Å². The average molecular weight is 207 g/mol. The zero-order valence-corrected chi connectivity index (χ0v) is 10.1. The van der Waals surface area contributed by atoms with Crippen LogP contribution in [0.3, 0.4) is 0 Å². The zero-order valence-electron chi connectivity index (χ0n) is 10.1. The monoisotopic (exact) mass is 207 g/mol. The van der Waals surface area contributed by atoms with E-state index < -0.39 is 0 Å². The molecule has 0 saturated heterocycles. The Kier molecular flexibility index (Phi) is 4.63. The Hall–Kier alpha value is -1.02. The van der Waals surface area contributed by atoms with Gasteiger partial charge < -0.3 is 10.1 Å². The van der Waals surface area contributed by atoms with E-state index in [9.17, 15) is 0 Å². The standard InChI is InChI=1S/C13H21NO/c1-10(2)9-15-13-7-5-6-12(8-13)11(3)14-4/h5-8,10-11,14H,9H2,1-4H3. The molecule has 0 fully saturated rings. The molecular formula is C13H21NO. The van der Waals surface area contributed by atoms with Gasteiger partial charge in [0.1, 0.15) is 5.75 Å². The number of hydrogen-bond donors (Lipinski definition) is 1. The Labute approximate surface area is 92.6 Å². The summed E-state index contributed by atoms with van der Waals surface area (Å²) in [5, 5.41) is 3.22. The molecule has 2 heteroatoms. The average Bonchev–Trinajstić information content (AvgIpc) is 2.25. The molecule has 1 atom stereocenters. The molecule has 0 bridgehead atoms. The van der Waals surface area contributed by atoms with E-state index >= 15 is 0 Å². The fourth-order valence-corrected chi connectivity index (χ4v) is 1.30. The second-order valence-corrected chi connectivity index (χ2v) is 4.29. The minimum atomic E-state index is 0.368. The molecule has 1 N–H and O–H groups in total. The molecule has 0 spiro atoms. The van der Waals surface area contributed by atoms with Crippen molar-refractivity contribution in [3.8, 4) is 5.75 Å². The maximum Gasteiger partial charge on any atom is 0.119 e. The van der Waals surface area contributed by atoms with Crippen LogP contribution in [0.2, 0.25) is 0 Å². The first kappa shape index (κ1) is 12.1. The van der Waals surface area contributed by atoms with E-state index in [0.29, 0.717) is 12.0 Å². The van der Waals surface area contributed by atoms with Gasteiger partial charge in [-0.3, -0.25) is 0 Å². The maximum absolute atomic E-state index is 5.67. The Morgan fingerprint density at radius 2 is 2.00 bits per heavy atom. The molecule has 0 aliphatic carbocycles. The Morgan fingerprint density at radius 3 is 2.60 bits per heavy atom. The van der Waals surface area contributed by atoms with Crippen LogP contribution < -0.4 is 10.1 Å². The van der Waals surface area contributed by atoms with E-state index in [4.69, 9.17) is 4.74 Å². The van der Waals surface area contributed by atoms with Crippen molar-refractivity contribution in [1.82, 2.24) is 5.32 Å². The topological polar surface area (TPSA) is 21.3 Å². The molecule has 84 valence electrons. The second kappa shape index (κ2) is 5.76. The van der Waals surface area contributed by atoms with Gasteiger partial charge in [-0.25, -0.2) is 0 Å². The van der Waals surface area contributed by atoms with Gasteiger partial charge in [0.05, 0.1) is 6.61 Å². The molecule has 1 aromatic rings. The molecule has 15 heavy (non-hydrogen) atoms. The third-order valence-electron chi connectivity index (χ3n) is 2.37. The number of hydrogen-bond acceptors (Lipinski definition) is 2. The lowest BCUT2D eigenvalue weighted by atomic mass is 10.1. The molecule has 1 unspecified atom stereocenters. The zero-order chi connectivity index (χ0) is 11.3. The summed E-state index contributed by atoms with van der Waals surface area (Å²) in [4.78, 5) is 0. The van der Waals surface area contributed by atoms with E-state index in [1.165, 1.54) is 5.56 Å². The number of benzene rings is 1. The molecule has 0 aromatic heterocycles. The van der Waals surface area contributed by atoms with E-state index in [1.807, 2.05) is 19.2 Å². The number of rotatable bonds is 5. The van der Waals surface area contributed by atoms with Gasteiger partial charge in [-0.15, -0.1) is 0 Å². The summed E-state index contributed by atoms with van der Waals surface area (Å²) in [6, 6.07) is 8.63. The summed E-state index contributed by atoms with van der Waals surface area (Å²) in [5.74, 6) is 1.53. The molecule has 0 aliphatic rings. The molecule has 2 nitrogen and oxygen atoms in total. The molecule has 0 heterocycles. The molecule has 1 rings (SSSR count). The largest absolute Gasteiger partial charge is 0.493 e.